The standard InChI is InChI=1S/C20H24N4O2/c1(3-16-4-2-10-26-16)7-24-15-5-6-19(24)17-14-21-20(22-18(17)13-15)23-8-11-25-12-9-23/h1-4,10,14-15,19H,5-9,11-13H2. The lowest BCUT2D eigenvalue weighted by Crippen LogP contribution is -2.40. The second-order valence-electron chi connectivity index (χ2n) is 7.24. The fourth-order valence-electron chi connectivity index (χ4n) is 4.44. The number of hydrogen-bond acceptors (Lipinski definition) is 6. The first-order valence-corrected chi connectivity index (χ1v) is 9.53. The summed E-state index contributed by atoms with van der Waals surface area (Å²) in [6, 6.07) is 4.94. The molecule has 2 bridgehead atoms. The maximum absolute atomic E-state index is 5.44. The minimum atomic E-state index is 0.448. The Morgan fingerprint density at radius 3 is 3.00 bits per heavy atom. The second-order valence-corrected chi connectivity index (χ2v) is 7.24. The summed E-state index contributed by atoms with van der Waals surface area (Å²) < 4.78 is 10.8. The van der Waals surface area contributed by atoms with Crippen LogP contribution in [0.15, 0.2) is 35.1 Å². The minimum absolute atomic E-state index is 0.448. The van der Waals surface area contributed by atoms with Crippen molar-refractivity contribution in [1.29, 1.82) is 0 Å². The number of ether oxygens (including phenoxy) is 1. The van der Waals surface area contributed by atoms with Gasteiger partial charge in [-0.3, -0.25) is 4.90 Å². The fraction of sp³-hybridized carbons (Fsp3) is 0.500. The van der Waals surface area contributed by atoms with E-state index in [2.05, 4.69) is 33.1 Å². The molecule has 2 unspecified atom stereocenters. The first-order valence-electron chi connectivity index (χ1n) is 9.53. The van der Waals surface area contributed by atoms with E-state index in [0.29, 0.717) is 12.1 Å². The molecular weight excluding hydrogens is 328 g/mol. The van der Waals surface area contributed by atoms with Crippen LogP contribution in [0.1, 0.15) is 35.9 Å². The molecule has 26 heavy (non-hydrogen) atoms. The highest BCUT2D eigenvalue weighted by Gasteiger charge is 2.40. The van der Waals surface area contributed by atoms with E-state index in [0.717, 1.165) is 51.0 Å². The van der Waals surface area contributed by atoms with Crippen LogP contribution in [0.4, 0.5) is 5.95 Å². The van der Waals surface area contributed by atoms with Crippen LogP contribution in [0, 0.1) is 0 Å². The van der Waals surface area contributed by atoms with Gasteiger partial charge in [-0.05, 0) is 31.1 Å². The zero-order valence-corrected chi connectivity index (χ0v) is 14.9. The quantitative estimate of drug-likeness (QED) is 0.843. The van der Waals surface area contributed by atoms with Gasteiger partial charge in [0.1, 0.15) is 5.76 Å². The van der Waals surface area contributed by atoms with Gasteiger partial charge in [0, 0.05) is 49.9 Å². The van der Waals surface area contributed by atoms with E-state index in [-0.39, 0.29) is 0 Å². The van der Waals surface area contributed by atoms with Gasteiger partial charge < -0.3 is 14.1 Å². The van der Waals surface area contributed by atoms with Crippen LogP contribution in [-0.2, 0) is 11.2 Å². The molecule has 2 fully saturated rings. The Morgan fingerprint density at radius 2 is 2.15 bits per heavy atom. The summed E-state index contributed by atoms with van der Waals surface area (Å²) in [4.78, 5) is 14.5. The van der Waals surface area contributed by atoms with E-state index < -0.39 is 0 Å². The van der Waals surface area contributed by atoms with Crippen molar-refractivity contribution in [2.24, 2.45) is 0 Å². The molecule has 2 atom stereocenters. The van der Waals surface area contributed by atoms with Gasteiger partial charge in [0.15, 0.2) is 0 Å². The van der Waals surface area contributed by atoms with Gasteiger partial charge >= 0.3 is 0 Å². The third-order valence-corrected chi connectivity index (χ3v) is 5.75. The number of furan rings is 1. The molecule has 5 rings (SSSR count). The van der Waals surface area contributed by atoms with Crippen molar-refractivity contribution < 1.29 is 9.15 Å². The van der Waals surface area contributed by atoms with Crippen LogP contribution in [0.2, 0.25) is 0 Å². The highest BCUT2D eigenvalue weighted by molar-refractivity contribution is 5.43. The lowest BCUT2D eigenvalue weighted by atomic mass is 9.99. The summed E-state index contributed by atoms with van der Waals surface area (Å²) in [5, 5.41) is 0. The van der Waals surface area contributed by atoms with E-state index in [4.69, 9.17) is 14.1 Å². The van der Waals surface area contributed by atoms with Crippen molar-refractivity contribution in [2.45, 2.75) is 31.3 Å². The summed E-state index contributed by atoms with van der Waals surface area (Å²) in [5.41, 5.74) is 2.57. The average molecular weight is 352 g/mol. The van der Waals surface area contributed by atoms with Crippen molar-refractivity contribution in [3.05, 3.63) is 47.7 Å². The van der Waals surface area contributed by atoms with Crippen molar-refractivity contribution >= 4 is 12.0 Å². The molecule has 5 heterocycles. The molecular formula is C20H24N4O2. The molecule has 6 nitrogen and oxygen atoms in total. The van der Waals surface area contributed by atoms with Crippen LogP contribution in [0.5, 0.6) is 0 Å². The Bertz CT molecular complexity index is 783. The Hall–Kier alpha value is -2.18. The topological polar surface area (TPSA) is 54.6 Å². The molecule has 6 heteroatoms. The highest BCUT2D eigenvalue weighted by atomic mass is 16.5. The Labute approximate surface area is 153 Å². The molecule has 0 spiro atoms. The first-order chi connectivity index (χ1) is 12.9. The van der Waals surface area contributed by atoms with Crippen LogP contribution in [-0.4, -0.2) is 53.8 Å². The third-order valence-electron chi connectivity index (χ3n) is 5.75. The molecule has 0 aliphatic carbocycles. The van der Waals surface area contributed by atoms with Crippen molar-refractivity contribution in [1.82, 2.24) is 14.9 Å². The number of fused-ring (bicyclic) bond motifs is 4. The summed E-state index contributed by atoms with van der Waals surface area (Å²) in [5.74, 6) is 1.78. The van der Waals surface area contributed by atoms with E-state index in [1.54, 1.807) is 6.26 Å². The fourth-order valence-corrected chi connectivity index (χ4v) is 4.44. The van der Waals surface area contributed by atoms with Gasteiger partial charge in [0.05, 0.1) is 25.2 Å². The van der Waals surface area contributed by atoms with Crippen LogP contribution in [0.3, 0.4) is 0 Å². The van der Waals surface area contributed by atoms with E-state index >= 15 is 0 Å². The summed E-state index contributed by atoms with van der Waals surface area (Å²) in [7, 11) is 0. The van der Waals surface area contributed by atoms with Crippen LogP contribution >= 0.6 is 0 Å². The van der Waals surface area contributed by atoms with Crippen LogP contribution in [0.25, 0.3) is 6.08 Å². The normalized spacial score (nSPS) is 25.8. The maximum atomic E-state index is 5.44. The molecule has 2 aromatic rings. The highest BCUT2D eigenvalue weighted by Crippen LogP contribution is 2.43. The Kier molecular flexibility index (Phi) is 4.22. The van der Waals surface area contributed by atoms with Crippen molar-refractivity contribution in [2.75, 3.05) is 37.7 Å². The molecule has 3 aliphatic heterocycles. The number of nitrogens with zero attached hydrogens (tertiary/aromatic N) is 4. The largest absolute Gasteiger partial charge is 0.465 e. The van der Waals surface area contributed by atoms with Crippen molar-refractivity contribution in [3.63, 3.8) is 0 Å². The number of rotatable bonds is 4. The predicted octanol–water partition coefficient (Wildman–Crippen LogP) is 2.68. The molecule has 0 saturated carbocycles. The second kappa shape index (κ2) is 6.85. The van der Waals surface area contributed by atoms with Gasteiger partial charge in [0.2, 0.25) is 5.95 Å². The molecule has 2 aromatic heterocycles. The molecule has 0 radical (unpaired) electrons. The average Bonchev–Trinajstić information content (AvgIpc) is 3.29. The van der Waals surface area contributed by atoms with E-state index in [1.807, 2.05) is 12.1 Å². The summed E-state index contributed by atoms with van der Waals surface area (Å²) >= 11 is 0. The number of anilines is 1. The number of morpholine rings is 1. The zero-order chi connectivity index (χ0) is 17.3. The number of aromatic nitrogens is 2. The zero-order valence-electron chi connectivity index (χ0n) is 14.9. The molecule has 136 valence electrons. The van der Waals surface area contributed by atoms with Crippen LogP contribution < -0.4 is 4.90 Å². The van der Waals surface area contributed by atoms with E-state index in [9.17, 15) is 0 Å². The maximum Gasteiger partial charge on any atom is 0.225 e. The first kappa shape index (κ1) is 16.0. The Morgan fingerprint density at radius 1 is 1.23 bits per heavy atom. The monoisotopic (exact) mass is 352 g/mol. The van der Waals surface area contributed by atoms with Gasteiger partial charge in [-0.25, -0.2) is 9.97 Å². The summed E-state index contributed by atoms with van der Waals surface area (Å²) in [6.07, 6.45) is 11.5. The van der Waals surface area contributed by atoms with Crippen molar-refractivity contribution in [3.8, 4) is 0 Å². The van der Waals surface area contributed by atoms with E-state index in [1.165, 1.54) is 24.1 Å². The van der Waals surface area contributed by atoms with Gasteiger partial charge in [-0.1, -0.05) is 6.08 Å². The molecule has 0 N–H and O–H groups in total. The lowest BCUT2D eigenvalue weighted by molar-refractivity contribution is 0.122. The summed E-state index contributed by atoms with van der Waals surface area (Å²) in [6.45, 7) is 4.24. The smallest absolute Gasteiger partial charge is 0.225 e. The lowest BCUT2D eigenvalue weighted by Gasteiger charge is -2.35. The predicted molar refractivity (Wildman–Crippen MR) is 99.0 cm³/mol. The van der Waals surface area contributed by atoms with Gasteiger partial charge in [0.25, 0.3) is 0 Å². The Balaban J connectivity index is 1.33. The number of hydrogen-bond donors (Lipinski definition) is 0. The van der Waals surface area contributed by atoms with Gasteiger partial charge in [-0.2, -0.15) is 0 Å². The molecule has 0 amide bonds. The third kappa shape index (κ3) is 2.93. The van der Waals surface area contributed by atoms with Gasteiger partial charge in [-0.15, -0.1) is 0 Å². The molecule has 0 aromatic carbocycles. The molecule has 2 saturated heterocycles. The SMILES string of the molecule is C(=Cc1ccco1)CN1C2CCC1c1cnc(N3CCOCC3)nc1C2. The minimum Gasteiger partial charge on any atom is -0.465 e. The molecule has 3 aliphatic rings.